The first-order chi connectivity index (χ1) is 13.8. The molecular formula is C20H22N2O7. The summed E-state index contributed by atoms with van der Waals surface area (Å²) in [7, 11) is 0. The number of aliphatic carboxylic acids is 1. The fourth-order valence-corrected chi connectivity index (χ4v) is 2.56. The molecular weight excluding hydrogens is 380 g/mol. The number of rotatable bonds is 9. The van der Waals surface area contributed by atoms with Gasteiger partial charge >= 0.3 is 5.97 Å². The van der Waals surface area contributed by atoms with Gasteiger partial charge in [-0.25, -0.2) is 9.78 Å². The van der Waals surface area contributed by atoms with Gasteiger partial charge in [0.05, 0.1) is 17.9 Å². The Morgan fingerprint density at radius 1 is 1.24 bits per heavy atom. The number of nitrogens with zero attached hydrogens (tertiary/aromatic N) is 1. The molecule has 29 heavy (non-hydrogen) atoms. The predicted molar refractivity (Wildman–Crippen MR) is 102 cm³/mol. The van der Waals surface area contributed by atoms with Crippen molar-refractivity contribution in [3.05, 3.63) is 52.8 Å². The van der Waals surface area contributed by atoms with Crippen molar-refractivity contribution in [3.63, 3.8) is 0 Å². The van der Waals surface area contributed by atoms with Crippen LogP contribution in [0.4, 0.5) is 0 Å². The minimum atomic E-state index is -1.43. The van der Waals surface area contributed by atoms with Gasteiger partial charge in [-0.15, -0.1) is 0 Å². The number of carboxylic acid groups (broad SMARTS) is 1. The highest BCUT2D eigenvalue weighted by Crippen LogP contribution is 2.29. The summed E-state index contributed by atoms with van der Waals surface area (Å²) in [5.74, 6) is -2.16. The Morgan fingerprint density at radius 3 is 2.55 bits per heavy atom. The van der Waals surface area contributed by atoms with E-state index >= 15 is 0 Å². The summed E-state index contributed by atoms with van der Waals surface area (Å²) < 4.78 is 5.71. The first-order valence-electron chi connectivity index (χ1n) is 8.86. The topological polar surface area (TPSA) is 146 Å². The fourth-order valence-electron chi connectivity index (χ4n) is 2.56. The lowest BCUT2D eigenvalue weighted by Crippen LogP contribution is -2.43. The fraction of sp³-hybridized carbons (Fsp3) is 0.300. The molecule has 0 saturated heterocycles. The molecule has 0 saturated carbocycles. The van der Waals surface area contributed by atoms with E-state index in [4.69, 9.17) is 14.9 Å². The Morgan fingerprint density at radius 2 is 1.97 bits per heavy atom. The standard InChI is InChI=1S/C20H22N2O7/c1-3-12-7-14(11(2)24)17(25)8-18(12)29-10-13-5-4-6-15(21-13)19(26)22-16(9-23)20(27)28/h4-8,16,23,25H,3,9-10H2,1-2H3,(H,22,26)(H,27,28)/t16-/m0/s1. The van der Waals surface area contributed by atoms with Gasteiger partial charge in [0.15, 0.2) is 11.8 Å². The van der Waals surface area contributed by atoms with E-state index in [1.807, 2.05) is 6.92 Å². The number of hydrogen-bond donors (Lipinski definition) is 4. The third kappa shape index (κ3) is 5.52. The number of pyridine rings is 1. The molecule has 1 aromatic heterocycles. The zero-order valence-corrected chi connectivity index (χ0v) is 16.0. The van der Waals surface area contributed by atoms with Gasteiger partial charge in [0.25, 0.3) is 5.91 Å². The maximum Gasteiger partial charge on any atom is 0.328 e. The van der Waals surface area contributed by atoms with E-state index in [0.717, 1.165) is 5.56 Å². The van der Waals surface area contributed by atoms with E-state index in [-0.39, 0.29) is 29.4 Å². The molecule has 0 aliphatic heterocycles. The number of aliphatic hydroxyl groups excluding tert-OH is 1. The van der Waals surface area contributed by atoms with Crippen LogP contribution >= 0.6 is 0 Å². The summed E-state index contributed by atoms with van der Waals surface area (Å²) >= 11 is 0. The average Bonchev–Trinajstić information content (AvgIpc) is 2.69. The van der Waals surface area contributed by atoms with Crippen LogP contribution in [-0.2, 0) is 17.8 Å². The van der Waals surface area contributed by atoms with Gasteiger partial charge in [-0.3, -0.25) is 9.59 Å². The maximum atomic E-state index is 12.1. The molecule has 0 aliphatic rings. The molecule has 154 valence electrons. The number of phenols is 1. The molecule has 0 fully saturated rings. The Labute approximate surface area is 167 Å². The number of aromatic hydroxyl groups is 1. The molecule has 1 aromatic carbocycles. The number of ether oxygens (including phenoxy) is 1. The van der Waals surface area contributed by atoms with E-state index < -0.39 is 24.5 Å². The predicted octanol–water partition coefficient (Wildman–Crippen LogP) is 1.31. The molecule has 0 spiro atoms. The van der Waals surface area contributed by atoms with E-state index in [9.17, 15) is 19.5 Å². The van der Waals surface area contributed by atoms with Gasteiger partial charge in [0.2, 0.25) is 0 Å². The molecule has 2 aromatic rings. The number of amides is 1. The van der Waals surface area contributed by atoms with Crippen LogP contribution in [0.1, 0.15) is 46.0 Å². The Balaban J connectivity index is 2.15. The van der Waals surface area contributed by atoms with E-state index in [1.54, 1.807) is 18.2 Å². The molecule has 0 bridgehead atoms. The molecule has 2 rings (SSSR count). The minimum Gasteiger partial charge on any atom is -0.507 e. The van der Waals surface area contributed by atoms with E-state index in [0.29, 0.717) is 17.9 Å². The van der Waals surface area contributed by atoms with Crippen LogP contribution in [0.25, 0.3) is 0 Å². The van der Waals surface area contributed by atoms with E-state index in [1.165, 1.54) is 19.1 Å². The first-order valence-corrected chi connectivity index (χ1v) is 8.86. The van der Waals surface area contributed by atoms with Crippen molar-refractivity contribution in [1.29, 1.82) is 0 Å². The molecule has 1 amide bonds. The first kappa shape index (κ1) is 21.8. The largest absolute Gasteiger partial charge is 0.507 e. The molecule has 4 N–H and O–H groups in total. The second kappa shape index (κ2) is 9.65. The number of benzene rings is 1. The van der Waals surface area contributed by atoms with Gasteiger partial charge in [-0.05, 0) is 37.1 Å². The quantitative estimate of drug-likeness (QED) is 0.459. The summed E-state index contributed by atoms with van der Waals surface area (Å²) in [4.78, 5) is 38.8. The van der Waals surface area contributed by atoms with Crippen LogP contribution in [0, 0.1) is 0 Å². The number of hydrogen-bond acceptors (Lipinski definition) is 7. The van der Waals surface area contributed by atoms with Crippen LogP contribution in [0.3, 0.4) is 0 Å². The van der Waals surface area contributed by atoms with Gasteiger partial charge in [-0.1, -0.05) is 13.0 Å². The molecule has 0 radical (unpaired) electrons. The molecule has 0 unspecified atom stereocenters. The third-order valence-corrected chi connectivity index (χ3v) is 4.14. The third-order valence-electron chi connectivity index (χ3n) is 4.14. The number of ketones is 1. The van der Waals surface area contributed by atoms with Crippen LogP contribution in [-0.4, -0.2) is 50.6 Å². The number of Topliss-reactive ketones (excluding diaryl/α,β-unsaturated/α-hetero) is 1. The molecule has 1 heterocycles. The van der Waals surface area contributed by atoms with Crippen molar-refractivity contribution in [2.24, 2.45) is 0 Å². The number of carbonyl (C=O) groups is 3. The Kier molecular flexibility index (Phi) is 7.27. The number of phenolic OH excluding ortho intramolecular Hbond substituents is 1. The van der Waals surface area contributed by atoms with Crippen molar-refractivity contribution < 1.29 is 34.4 Å². The normalized spacial score (nSPS) is 11.6. The van der Waals surface area contributed by atoms with Crippen LogP contribution < -0.4 is 10.1 Å². The highest BCUT2D eigenvalue weighted by atomic mass is 16.5. The average molecular weight is 402 g/mol. The summed E-state index contributed by atoms with van der Waals surface area (Å²) in [6.45, 7) is 2.48. The van der Waals surface area contributed by atoms with Crippen molar-refractivity contribution in [2.75, 3.05) is 6.61 Å². The monoisotopic (exact) mass is 402 g/mol. The molecule has 0 aliphatic carbocycles. The number of carbonyl (C=O) groups excluding carboxylic acids is 2. The van der Waals surface area contributed by atoms with Crippen molar-refractivity contribution in [1.82, 2.24) is 10.3 Å². The SMILES string of the molecule is CCc1cc(C(C)=O)c(O)cc1OCc1cccc(C(=O)N[C@@H](CO)C(=O)O)n1. The van der Waals surface area contributed by atoms with Crippen molar-refractivity contribution >= 4 is 17.7 Å². The van der Waals surface area contributed by atoms with Gasteiger partial charge in [0, 0.05) is 6.07 Å². The summed E-state index contributed by atoms with van der Waals surface area (Å²) in [6.07, 6.45) is 0.573. The second-order valence-electron chi connectivity index (χ2n) is 6.24. The van der Waals surface area contributed by atoms with E-state index in [2.05, 4.69) is 10.3 Å². The maximum absolute atomic E-state index is 12.1. The number of aliphatic hydroxyl groups is 1. The lowest BCUT2D eigenvalue weighted by Gasteiger charge is -2.14. The smallest absolute Gasteiger partial charge is 0.328 e. The lowest BCUT2D eigenvalue weighted by atomic mass is 10.0. The van der Waals surface area contributed by atoms with Gasteiger partial charge in [0.1, 0.15) is 23.8 Å². The zero-order chi connectivity index (χ0) is 21.6. The molecule has 9 nitrogen and oxygen atoms in total. The number of nitrogens with one attached hydrogen (secondary N) is 1. The Bertz CT molecular complexity index is 927. The van der Waals surface area contributed by atoms with Crippen molar-refractivity contribution in [3.8, 4) is 11.5 Å². The van der Waals surface area contributed by atoms with Crippen LogP contribution in [0.2, 0.25) is 0 Å². The summed E-state index contributed by atoms with van der Waals surface area (Å²) in [5, 5.41) is 30.1. The minimum absolute atomic E-state index is 0.0185. The second-order valence-corrected chi connectivity index (χ2v) is 6.24. The highest BCUT2D eigenvalue weighted by molar-refractivity contribution is 5.97. The highest BCUT2D eigenvalue weighted by Gasteiger charge is 2.20. The molecule has 9 heteroatoms. The van der Waals surface area contributed by atoms with Crippen molar-refractivity contribution in [2.45, 2.75) is 32.9 Å². The van der Waals surface area contributed by atoms with Gasteiger partial charge < -0.3 is 25.4 Å². The zero-order valence-electron chi connectivity index (χ0n) is 16.0. The lowest BCUT2D eigenvalue weighted by molar-refractivity contribution is -0.140. The Hall–Kier alpha value is -3.46. The van der Waals surface area contributed by atoms with Crippen LogP contribution in [0.5, 0.6) is 11.5 Å². The molecule has 1 atom stereocenters. The van der Waals surface area contributed by atoms with Gasteiger partial charge in [-0.2, -0.15) is 0 Å². The summed E-state index contributed by atoms with van der Waals surface area (Å²) in [6, 6.07) is 6.09. The number of aryl methyl sites for hydroxylation is 1. The number of carboxylic acids is 1. The number of aromatic nitrogens is 1. The summed E-state index contributed by atoms with van der Waals surface area (Å²) in [5.41, 5.74) is 1.30. The van der Waals surface area contributed by atoms with Crippen LogP contribution in [0.15, 0.2) is 30.3 Å².